The minimum atomic E-state index is -1.08. The number of thiazole rings is 1. The van der Waals surface area contributed by atoms with E-state index in [4.69, 9.17) is 5.11 Å². The van der Waals surface area contributed by atoms with Crippen LogP contribution in [0.5, 0.6) is 0 Å². The smallest absolute Gasteiger partial charge is 0.335 e. The molecule has 2 heterocycles. The molecule has 7 heteroatoms. The van der Waals surface area contributed by atoms with Crippen LogP contribution in [0.4, 0.5) is 5.69 Å². The molecule has 1 aromatic heterocycles. The van der Waals surface area contributed by atoms with Crippen LogP contribution >= 0.6 is 11.3 Å². The molecule has 2 aromatic carbocycles. The third-order valence-corrected chi connectivity index (χ3v) is 5.07. The Bertz CT molecular complexity index is 890. The van der Waals surface area contributed by atoms with Crippen molar-refractivity contribution >= 4 is 33.2 Å². The summed E-state index contributed by atoms with van der Waals surface area (Å²) in [6.07, 6.45) is -1.05. The average molecular weight is 328 g/mol. The van der Waals surface area contributed by atoms with E-state index in [1.807, 2.05) is 24.3 Å². The topological polar surface area (TPSA) is 93.9 Å². The molecule has 0 saturated carbocycles. The largest absolute Gasteiger partial charge is 0.478 e. The van der Waals surface area contributed by atoms with Crippen molar-refractivity contribution in [3.8, 4) is 0 Å². The summed E-state index contributed by atoms with van der Waals surface area (Å²) in [4.78, 5) is 15.6. The number of anilines is 1. The molecule has 6 nitrogen and oxygen atoms in total. The number of carbonyl (C=O) groups is 1. The zero-order valence-corrected chi connectivity index (χ0v) is 12.6. The fourth-order valence-electron chi connectivity index (χ4n) is 2.84. The number of carboxylic acid groups (broad SMARTS) is 1. The van der Waals surface area contributed by atoms with Crippen LogP contribution in [0.15, 0.2) is 42.5 Å². The molecule has 116 valence electrons. The summed E-state index contributed by atoms with van der Waals surface area (Å²) in [5.74, 6) is -1.08. The molecule has 1 aliphatic rings. The van der Waals surface area contributed by atoms with Gasteiger partial charge >= 0.3 is 5.97 Å². The Morgan fingerprint density at radius 2 is 2.00 bits per heavy atom. The third kappa shape index (κ3) is 2.09. The molecule has 23 heavy (non-hydrogen) atoms. The first kappa shape index (κ1) is 14.1. The SMILES string of the molecule is O=C(O)c1ccc2c(c1)C(O)C(c1nc3ccccc3s1)N2O. The van der Waals surface area contributed by atoms with Crippen LogP contribution in [-0.4, -0.2) is 26.4 Å². The molecule has 4 rings (SSSR count). The van der Waals surface area contributed by atoms with E-state index in [1.54, 1.807) is 0 Å². The summed E-state index contributed by atoms with van der Waals surface area (Å²) in [7, 11) is 0. The predicted molar refractivity (Wildman–Crippen MR) is 85.0 cm³/mol. The van der Waals surface area contributed by atoms with Crippen LogP contribution in [0, 0.1) is 0 Å². The summed E-state index contributed by atoms with van der Waals surface area (Å²) >= 11 is 1.39. The standard InChI is InChI=1S/C16H12N2O4S/c19-14-9-7-8(16(20)21)5-6-11(9)18(22)13(14)15-17-10-3-1-2-4-12(10)23-15/h1-7,13-14,19,22H,(H,20,21). The van der Waals surface area contributed by atoms with Crippen LogP contribution in [0.2, 0.25) is 0 Å². The number of para-hydroxylation sites is 1. The zero-order chi connectivity index (χ0) is 16.1. The number of aliphatic hydroxyl groups excluding tert-OH is 1. The summed E-state index contributed by atoms with van der Waals surface area (Å²) < 4.78 is 0.963. The highest BCUT2D eigenvalue weighted by Crippen LogP contribution is 2.48. The van der Waals surface area contributed by atoms with Crippen LogP contribution in [0.1, 0.15) is 33.1 Å². The number of aromatic carboxylic acids is 1. The molecule has 0 radical (unpaired) electrons. The summed E-state index contributed by atoms with van der Waals surface area (Å²) in [6.45, 7) is 0. The van der Waals surface area contributed by atoms with Gasteiger partial charge in [0.15, 0.2) is 0 Å². The van der Waals surface area contributed by atoms with E-state index in [-0.39, 0.29) is 5.56 Å². The first-order chi connectivity index (χ1) is 11.1. The average Bonchev–Trinajstić information content (AvgIpc) is 3.06. The molecule has 0 spiro atoms. The van der Waals surface area contributed by atoms with E-state index in [2.05, 4.69) is 4.98 Å². The molecule has 0 amide bonds. The van der Waals surface area contributed by atoms with Gasteiger partial charge in [0.1, 0.15) is 17.2 Å². The molecule has 0 bridgehead atoms. The van der Waals surface area contributed by atoms with Gasteiger partial charge in [0.2, 0.25) is 0 Å². The van der Waals surface area contributed by atoms with Gasteiger partial charge in [-0.05, 0) is 30.3 Å². The van der Waals surface area contributed by atoms with Crippen molar-refractivity contribution in [1.82, 2.24) is 4.98 Å². The van der Waals surface area contributed by atoms with E-state index in [1.165, 1.54) is 29.5 Å². The van der Waals surface area contributed by atoms with Gasteiger partial charge in [-0.25, -0.2) is 14.8 Å². The van der Waals surface area contributed by atoms with E-state index in [0.29, 0.717) is 16.3 Å². The number of aromatic nitrogens is 1. The minimum absolute atomic E-state index is 0.0705. The Morgan fingerprint density at radius 1 is 1.22 bits per heavy atom. The fourth-order valence-corrected chi connectivity index (χ4v) is 3.93. The maximum atomic E-state index is 11.1. The molecular weight excluding hydrogens is 316 g/mol. The number of fused-ring (bicyclic) bond motifs is 2. The Labute approximate surface area is 134 Å². The van der Waals surface area contributed by atoms with Crippen molar-refractivity contribution in [1.29, 1.82) is 0 Å². The number of hydroxylamine groups is 1. The molecule has 2 atom stereocenters. The second-order valence-corrected chi connectivity index (χ2v) is 6.40. The van der Waals surface area contributed by atoms with E-state index in [0.717, 1.165) is 15.3 Å². The Hall–Kier alpha value is -2.48. The number of hydrogen-bond acceptors (Lipinski definition) is 6. The second kappa shape index (κ2) is 5.02. The van der Waals surface area contributed by atoms with E-state index >= 15 is 0 Å². The van der Waals surface area contributed by atoms with Crippen LogP contribution < -0.4 is 5.06 Å². The Kier molecular flexibility index (Phi) is 3.08. The van der Waals surface area contributed by atoms with E-state index < -0.39 is 18.1 Å². The normalized spacial score (nSPS) is 20.0. The van der Waals surface area contributed by atoms with Crippen LogP contribution in [0.3, 0.4) is 0 Å². The van der Waals surface area contributed by atoms with Gasteiger partial charge < -0.3 is 10.2 Å². The molecule has 0 aliphatic carbocycles. The molecule has 1 aliphatic heterocycles. The predicted octanol–water partition coefficient (Wildman–Crippen LogP) is 2.98. The lowest BCUT2D eigenvalue weighted by atomic mass is 10.0. The van der Waals surface area contributed by atoms with Crippen molar-refractivity contribution in [2.75, 3.05) is 5.06 Å². The van der Waals surface area contributed by atoms with E-state index in [9.17, 15) is 15.1 Å². The second-order valence-electron chi connectivity index (χ2n) is 5.33. The molecule has 3 N–H and O–H groups in total. The lowest BCUT2D eigenvalue weighted by Gasteiger charge is -2.19. The maximum Gasteiger partial charge on any atom is 0.335 e. The summed E-state index contributed by atoms with van der Waals surface area (Å²) in [6, 6.07) is 11.1. The summed E-state index contributed by atoms with van der Waals surface area (Å²) in [5.41, 5.74) is 1.65. The maximum absolute atomic E-state index is 11.1. The van der Waals surface area contributed by atoms with Gasteiger partial charge in [-0.2, -0.15) is 0 Å². The quantitative estimate of drug-likeness (QED) is 0.669. The summed E-state index contributed by atoms with van der Waals surface area (Å²) in [5, 5.41) is 31.6. The van der Waals surface area contributed by atoms with Crippen LogP contribution in [0.25, 0.3) is 10.2 Å². The molecule has 0 fully saturated rings. The lowest BCUT2D eigenvalue weighted by Crippen LogP contribution is -2.22. The molecular formula is C16H12N2O4S. The van der Waals surface area contributed by atoms with Gasteiger partial charge in [-0.15, -0.1) is 11.3 Å². The van der Waals surface area contributed by atoms with Crippen molar-refractivity contribution in [2.24, 2.45) is 0 Å². The zero-order valence-electron chi connectivity index (χ0n) is 11.7. The first-order valence-corrected chi connectivity index (χ1v) is 7.77. The number of hydrogen-bond donors (Lipinski definition) is 3. The highest BCUT2D eigenvalue weighted by atomic mass is 32.1. The Morgan fingerprint density at radius 3 is 2.74 bits per heavy atom. The van der Waals surface area contributed by atoms with Crippen molar-refractivity contribution < 1.29 is 20.2 Å². The van der Waals surface area contributed by atoms with Crippen molar-refractivity contribution in [2.45, 2.75) is 12.1 Å². The minimum Gasteiger partial charge on any atom is -0.478 e. The Balaban J connectivity index is 1.80. The molecule has 2 unspecified atom stereocenters. The molecule has 0 saturated heterocycles. The highest BCUT2D eigenvalue weighted by Gasteiger charge is 2.40. The van der Waals surface area contributed by atoms with Gasteiger partial charge in [-0.1, -0.05) is 12.1 Å². The monoisotopic (exact) mass is 328 g/mol. The highest BCUT2D eigenvalue weighted by molar-refractivity contribution is 7.18. The van der Waals surface area contributed by atoms with Gasteiger partial charge in [0, 0.05) is 5.56 Å². The fraction of sp³-hybridized carbons (Fsp3) is 0.125. The molecule has 3 aromatic rings. The number of carboxylic acids is 1. The van der Waals surface area contributed by atoms with Crippen molar-refractivity contribution in [3.63, 3.8) is 0 Å². The van der Waals surface area contributed by atoms with Gasteiger partial charge in [0.05, 0.1) is 21.5 Å². The van der Waals surface area contributed by atoms with Gasteiger partial charge in [0.25, 0.3) is 0 Å². The van der Waals surface area contributed by atoms with Gasteiger partial charge in [-0.3, -0.25) is 5.21 Å². The van der Waals surface area contributed by atoms with Crippen molar-refractivity contribution in [3.05, 3.63) is 58.6 Å². The number of rotatable bonds is 2. The first-order valence-electron chi connectivity index (χ1n) is 6.95. The number of nitrogens with zero attached hydrogens (tertiary/aromatic N) is 2. The third-order valence-electron chi connectivity index (χ3n) is 3.97. The number of benzene rings is 2. The number of aliphatic hydroxyl groups is 1. The van der Waals surface area contributed by atoms with Crippen LogP contribution in [-0.2, 0) is 0 Å². The lowest BCUT2D eigenvalue weighted by molar-refractivity contribution is 0.0696.